The van der Waals surface area contributed by atoms with E-state index in [1.807, 2.05) is 18.6 Å². The molecule has 1 amide bonds. The van der Waals surface area contributed by atoms with Crippen molar-refractivity contribution in [2.24, 2.45) is 10.9 Å². The van der Waals surface area contributed by atoms with E-state index >= 15 is 0 Å². The molecule has 0 unspecified atom stereocenters. The Morgan fingerprint density at radius 3 is 2.43 bits per heavy atom. The Bertz CT molecular complexity index is 1250. The number of ether oxygens (including phenoxy) is 1. The molecular formula is C25H33N5O4S. The molecule has 9 nitrogen and oxygen atoms in total. The Morgan fingerprint density at radius 1 is 1.14 bits per heavy atom. The zero-order chi connectivity index (χ0) is 25.4. The summed E-state index contributed by atoms with van der Waals surface area (Å²) in [5.74, 6) is 1.76. The molecule has 0 spiro atoms. The minimum absolute atomic E-state index is 0.245. The van der Waals surface area contributed by atoms with Crippen LogP contribution in [0.2, 0.25) is 0 Å². The van der Waals surface area contributed by atoms with E-state index in [-0.39, 0.29) is 6.42 Å². The van der Waals surface area contributed by atoms with Gasteiger partial charge < -0.3 is 10.5 Å². The molecule has 1 aliphatic carbocycles. The number of nitrogens with zero attached hydrogens (tertiary/aromatic N) is 3. The van der Waals surface area contributed by atoms with Gasteiger partial charge in [0.2, 0.25) is 21.8 Å². The summed E-state index contributed by atoms with van der Waals surface area (Å²) in [4.78, 5) is 25.1. The van der Waals surface area contributed by atoms with E-state index < -0.39 is 21.5 Å². The molecule has 10 heteroatoms. The minimum Gasteiger partial charge on any atom is -0.463 e. The van der Waals surface area contributed by atoms with Crippen LogP contribution in [0.15, 0.2) is 29.3 Å². The highest BCUT2D eigenvalue weighted by atomic mass is 32.2. The third kappa shape index (κ3) is 5.98. The number of anilines is 1. The molecule has 35 heavy (non-hydrogen) atoms. The van der Waals surface area contributed by atoms with Crippen LogP contribution in [0.3, 0.4) is 0 Å². The van der Waals surface area contributed by atoms with Gasteiger partial charge in [-0.05, 0) is 70.3 Å². The molecule has 1 aliphatic heterocycles. The number of benzene rings is 1. The van der Waals surface area contributed by atoms with Crippen LogP contribution >= 0.6 is 0 Å². The number of nitrogen functional groups attached to an aromatic ring is 1. The largest absolute Gasteiger partial charge is 0.463 e. The smallest absolute Gasteiger partial charge is 0.246 e. The summed E-state index contributed by atoms with van der Waals surface area (Å²) in [5, 5.41) is 0. The predicted molar refractivity (Wildman–Crippen MR) is 135 cm³/mol. The van der Waals surface area contributed by atoms with Crippen molar-refractivity contribution in [2.75, 3.05) is 12.0 Å². The average Bonchev–Trinajstić information content (AvgIpc) is 2.76. The van der Waals surface area contributed by atoms with Crippen molar-refractivity contribution in [3.63, 3.8) is 0 Å². The van der Waals surface area contributed by atoms with Crippen molar-refractivity contribution in [3.8, 4) is 5.88 Å². The van der Waals surface area contributed by atoms with Gasteiger partial charge in [0.05, 0.1) is 12.0 Å². The number of nitrogens with one attached hydrogen (secondary N) is 1. The van der Waals surface area contributed by atoms with Gasteiger partial charge in [-0.25, -0.2) is 18.4 Å². The number of hydrogen-bond donors (Lipinski definition) is 2. The topological polar surface area (TPSA) is 137 Å². The average molecular weight is 500 g/mol. The van der Waals surface area contributed by atoms with Gasteiger partial charge in [-0.2, -0.15) is 4.98 Å². The van der Waals surface area contributed by atoms with Crippen LogP contribution in [0.25, 0.3) is 0 Å². The van der Waals surface area contributed by atoms with Gasteiger partial charge in [0.15, 0.2) is 11.5 Å². The van der Waals surface area contributed by atoms with Crippen LogP contribution in [0.4, 0.5) is 11.5 Å². The number of carbonyl (C=O) groups is 1. The number of amides is 1. The van der Waals surface area contributed by atoms with E-state index in [9.17, 15) is 13.2 Å². The predicted octanol–water partition coefficient (Wildman–Crippen LogP) is 3.79. The molecule has 3 N–H and O–H groups in total. The number of fused-ring (bicyclic) bond motifs is 1. The number of carbonyl (C=O) groups excluding carboxylic acids is 1. The number of hydrogen-bond acceptors (Lipinski definition) is 8. The molecule has 1 fully saturated rings. The summed E-state index contributed by atoms with van der Waals surface area (Å²) < 4.78 is 30.5. The second-order valence-corrected chi connectivity index (χ2v) is 11.8. The van der Waals surface area contributed by atoms with Crippen molar-refractivity contribution in [3.05, 3.63) is 41.2 Å². The lowest BCUT2D eigenvalue weighted by Gasteiger charge is -2.32. The van der Waals surface area contributed by atoms with E-state index in [4.69, 9.17) is 15.5 Å². The fraction of sp³-hybridized carbons (Fsp3) is 0.520. The molecule has 1 saturated carbocycles. The first-order valence-electron chi connectivity index (χ1n) is 11.9. The Hall–Kier alpha value is -3.01. The number of sulfonamides is 1. The molecule has 0 saturated heterocycles. The van der Waals surface area contributed by atoms with Crippen molar-refractivity contribution in [1.82, 2.24) is 14.7 Å². The van der Waals surface area contributed by atoms with E-state index in [0.29, 0.717) is 35.0 Å². The zero-order valence-electron chi connectivity index (χ0n) is 20.7. The Labute approximate surface area is 206 Å². The maximum absolute atomic E-state index is 11.8. The van der Waals surface area contributed by atoms with Gasteiger partial charge in [0.1, 0.15) is 11.4 Å². The highest BCUT2D eigenvalue weighted by Crippen LogP contribution is 2.40. The molecule has 2 aromatic rings. The SMILES string of the molecule is Cc1nc(N)c2c(n1)OC(C)(C)C(c1ccc(C3CCC(CCC(=O)NS(C)(=O)=O)CC3)cc1)=N2. The summed E-state index contributed by atoms with van der Waals surface area (Å²) >= 11 is 0. The van der Waals surface area contributed by atoms with E-state index in [1.165, 1.54) is 5.56 Å². The quantitative estimate of drug-likeness (QED) is 0.617. The van der Waals surface area contributed by atoms with E-state index in [2.05, 4.69) is 34.2 Å². The number of nitrogens with two attached hydrogens (primary N) is 1. The van der Waals surface area contributed by atoms with Gasteiger partial charge in [-0.15, -0.1) is 0 Å². The van der Waals surface area contributed by atoms with Gasteiger partial charge in [-0.1, -0.05) is 24.3 Å². The van der Waals surface area contributed by atoms with Crippen molar-refractivity contribution in [2.45, 2.75) is 70.8 Å². The first-order chi connectivity index (χ1) is 16.4. The summed E-state index contributed by atoms with van der Waals surface area (Å²) in [6.07, 6.45) is 6.12. The molecule has 0 bridgehead atoms. The third-order valence-electron chi connectivity index (χ3n) is 6.72. The fourth-order valence-electron chi connectivity index (χ4n) is 4.98. The molecule has 0 atom stereocenters. The van der Waals surface area contributed by atoms with E-state index in [1.54, 1.807) is 6.92 Å². The normalized spacial score (nSPS) is 21.4. The molecule has 2 heterocycles. The number of aliphatic imine (C=N–C) groups is 1. The lowest BCUT2D eigenvalue weighted by atomic mass is 9.77. The fourth-order valence-corrected chi connectivity index (χ4v) is 5.49. The Kier molecular flexibility index (Phi) is 6.86. The summed E-state index contributed by atoms with van der Waals surface area (Å²) in [6.45, 7) is 5.70. The monoisotopic (exact) mass is 499 g/mol. The highest BCUT2D eigenvalue weighted by Gasteiger charge is 2.35. The first kappa shape index (κ1) is 25.1. The van der Waals surface area contributed by atoms with Crippen LogP contribution < -0.4 is 15.2 Å². The summed E-state index contributed by atoms with van der Waals surface area (Å²) in [7, 11) is -3.49. The molecular weight excluding hydrogens is 466 g/mol. The lowest BCUT2D eigenvalue weighted by Crippen LogP contribution is -2.41. The van der Waals surface area contributed by atoms with Crippen LogP contribution in [-0.2, 0) is 14.8 Å². The lowest BCUT2D eigenvalue weighted by molar-refractivity contribution is -0.119. The molecule has 188 valence electrons. The maximum atomic E-state index is 11.8. The number of aryl methyl sites for hydroxylation is 1. The van der Waals surface area contributed by atoms with Crippen molar-refractivity contribution >= 4 is 33.1 Å². The van der Waals surface area contributed by atoms with Gasteiger partial charge >= 0.3 is 0 Å². The zero-order valence-corrected chi connectivity index (χ0v) is 21.5. The van der Waals surface area contributed by atoms with Gasteiger partial charge in [0.25, 0.3) is 0 Å². The summed E-state index contributed by atoms with van der Waals surface area (Å²) in [5.41, 5.74) is 8.93. The van der Waals surface area contributed by atoms with Crippen molar-refractivity contribution in [1.29, 1.82) is 0 Å². The summed E-state index contributed by atoms with van der Waals surface area (Å²) in [6, 6.07) is 8.47. The van der Waals surface area contributed by atoms with E-state index in [0.717, 1.165) is 49.6 Å². The second kappa shape index (κ2) is 9.56. The highest BCUT2D eigenvalue weighted by molar-refractivity contribution is 7.89. The molecule has 4 rings (SSSR count). The molecule has 1 aromatic heterocycles. The van der Waals surface area contributed by atoms with Crippen LogP contribution in [0.1, 0.15) is 75.2 Å². The van der Waals surface area contributed by atoms with Crippen molar-refractivity contribution < 1.29 is 17.9 Å². The van der Waals surface area contributed by atoms with Gasteiger partial charge in [0, 0.05) is 12.0 Å². The number of aromatic nitrogens is 2. The molecule has 1 aromatic carbocycles. The second-order valence-electron chi connectivity index (χ2n) is 10.1. The Morgan fingerprint density at radius 2 is 1.80 bits per heavy atom. The van der Waals surface area contributed by atoms with Crippen LogP contribution in [-0.4, -0.2) is 41.9 Å². The van der Waals surface area contributed by atoms with Crippen LogP contribution in [0, 0.1) is 12.8 Å². The minimum atomic E-state index is -3.49. The van der Waals surface area contributed by atoms with Gasteiger partial charge in [-0.3, -0.25) is 9.52 Å². The first-order valence-corrected chi connectivity index (χ1v) is 13.8. The Balaban J connectivity index is 1.40. The molecule has 2 aliphatic rings. The maximum Gasteiger partial charge on any atom is 0.246 e. The van der Waals surface area contributed by atoms with Crippen LogP contribution in [0.5, 0.6) is 5.88 Å². The third-order valence-corrected chi connectivity index (χ3v) is 7.32. The number of rotatable bonds is 6. The molecule has 0 radical (unpaired) electrons. The standard InChI is InChI=1S/C25H33N5O4S/c1-15-27-23(26)21-24(28-15)34-25(2,3)22(29-21)19-12-10-18(11-13-19)17-8-5-16(6-9-17)7-14-20(31)30-35(4,32)33/h10-13,16-17H,5-9,14H2,1-4H3,(H,30,31)(H2,26,27,28).